The lowest BCUT2D eigenvalue weighted by Gasteiger charge is -2.42. The van der Waals surface area contributed by atoms with Crippen LogP contribution >= 0.6 is 7.37 Å². The number of ketones is 3. The normalized spacial score (nSPS) is 78.1. The molecule has 0 aromatic rings. The number of allylic oxidation sites excluding steroid dienone is 6. The summed E-state index contributed by atoms with van der Waals surface area (Å²) in [4.78, 5) is 76.6. The van der Waals surface area contributed by atoms with Gasteiger partial charge in [0.2, 0.25) is 5.79 Å². The third-order valence-electron chi connectivity index (χ3n) is 9.23. The average Bonchev–Trinajstić information content (AvgIpc) is 0.640. The number of cyclic esters (lactones) is 1. The highest BCUT2D eigenvalue weighted by atomic mass is 31.2. The third-order valence-corrected chi connectivity index (χ3v) is 9.76. The molecule has 16 heteroatoms. The predicted octanol–water partition coefficient (Wildman–Crippen LogP) is 7.99. The summed E-state index contributed by atoms with van der Waals surface area (Å²) in [6, 6.07) is -20.0. The summed E-state index contributed by atoms with van der Waals surface area (Å²) in [6.07, 6.45) is -98.4. The first-order valence-electron chi connectivity index (χ1n) is 46.6. The minimum atomic E-state index is -6.26. The Morgan fingerprint density at radius 3 is 2.41 bits per heavy atom. The second-order valence-corrected chi connectivity index (χ2v) is 16.1. The molecular formula is C54H86NO14P. The van der Waals surface area contributed by atoms with Crippen molar-refractivity contribution >= 4 is 36.6 Å². The van der Waals surface area contributed by atoms with Crippen molar-refractivity contribution in [2.75, 3.05) is 41.0 Å². The molecule has 0 aromatic heterocycles. The van der Waals surface area contributed by atoms with Crippen molar-refractivity contribution in [2.24, 2.45) is 41.3 Å². The first-order valence-corrected chi connectivity index (χ1v) is 21.7. The number of hydrogen-bond acceptors (Lipinski definition) is 14. The Morgan fingerprint density at radius 1 is 1.00 bits per heavy atom. The number of Topliss-reactive ketones (excluding diaryl/α,β-unsaturated/α-hetero) is 3. The van der Waals surface area contributed by atoms with Crippen molar-refractivity contribution in [3.63, 3.8) is 0 Å². The number of fused-ring (bicyclic) bond motifs is 3. The quantitative estimate of drug-likeness (QED) is 0.103. The molecule has 396 valence electrons. The van der Waals surface area contributed by atoms with Crippen molar-refractivity contribution < 1.29 is 141 Å². The van der Waals surface area contributed by atoms with Gasteiger partial charge in [-0.2, -0.15) is 0 Å². The maximum atomic E-state index is 16.2. The second kappa shape index (κ2) is 26.7. The van der Waals surface area contributed by atoms with Gasteiger partial charge in [0.15, 0.2) is 13.2 Å². The van der Waals surface area contributed by atoms with E-state index >= 15 is 24.0 Å². The van der Waals surface area contributed by atoms with Crippen LogP contribution in [0.4, 0.5) is 0 Å². The van der Waals surface area contributed by atoms with Gasteiger partial charge in [-0.25, -0.2) is 4.79 Å². The number of ether oxygens (including phenoxy) is 5. The lowest BCUT2D eigenvalue weighted by atomic mass is 9.78. The molecule has 1 saturated carbocycles. The lowest BCUT2D eigenvalue weighted by molar-refractivity contribution is -0.265. The van der Waals surface area contributed by atoms with Crippen LogP contribution in [0.3, 0.4) is 0 Å². The summed E-state index contributed by atoms with van der Waals surface area (Å²) in [6.45, 7) is -15.1. The van der Waals surface area contributed by atoms with Gasteiger partial charge in [0.05, 0.1) is 47.6 Å². The van der Waals surface area contributed by atoms with E-state index in [4.69, 9.17) is 61.9 Å². The molecule has 70 heavy (non-hydrogen) atoms. The molecule has 17 atom stereocenters. The predicted molar refractivity (Wildman–Crippen MR) is 268 cm³/mol. The summed E-state index contributed by atoms with van der Waals surface area (Å²) < 4.78 is 532. The first kappa shape index (κ1) is 18.9. The standard InChI is InChI=1S/C54H86NO14P/c1-32-19-15-14-16-20-33(2)45(64-9)30-41-24-22-37(6)54(62,68-41)51(59)52(60)55-26-18-17-21-42(55)53(61)67-46(35(4)28-40-23-25-44(47(29-40)65-10)69-70(12,13)63)31-43(56)34(3)27-36(5)48(57)50(66-11)49(58)39(8)38(32)7/h14-16,19-20,27,32,34-35,37-42,44-48,50,57,62H,17-18,21-26,28-31H2,1-13H3/b16-14-,19-15+,33-20+,36-27+/t32-,34-,35-,37-,38?,39-,40+,41+,42+,44-,45+,46+,47-,48-,50-,54-/m1/s1/i2D3,9D3,12D3,14D,15D,16D,17D2,18D2,19D,20D,21D2,22D2,23D2,24D2,25D2,26D2,27D,28D2,29D2,30D2,31D2,32D,34D,35D,37D,38D,39D,40D,41D,42D,44D,45D,46D,47D,48D,50D/t32-,34-,35-,37-,38?,39-,40+,41+,42+,44-,45+,46+,47-,48-,50-,54-,70?. The molecule has 1 aliphatic carbocycles. The summed E-state index contributed by atoms with van der Waals surface area (Å²) in [7, 11) is -10.6. The summed E-state index contributed by atoms with van der Waals surface area (Å²) in [5, 5.41) is 25.1. The molecule has 0 radical (unpaired) electrons. The Morgan fingerprint density at radius 2 is 1.74 bits per heavy atom. The van der Waals surface area contributed by atoms with E-state index in [1.807, 2.05) is 0 Å². The van der Waals surface area contributed by atoms with E-state index in [1.165, 1.54) is 0 Å². The van der Waals surface area contributed by atoms with Crippen LogP contribution < -0.4 is 0 Å². The van der Waals surface area contributed by atoms with E-state index in [-0.39, 0.29) is 62.4 Å². The Hall–Kier alpha value is -3.14. The molecule has 0 aromatic carbocycles. The molecule has 3 fully saturated rings. The third kappa shape index (κ3) is 15.7. The highest BCUT2D eigenvalue weighted by molar-refractivity contribution is 7.57. The van der Waals surface area contributed by atoms with Gasteiger partial charge in [0.1, 0.15) is 30.0 Å². The number of methoxy groups -OCH3 is 3. The van der Waals surface area contributed by atoms with E-state index in [2.05, 4.69) is 4.74 Å². The summed E-state index contributed by atoms with van der Waals surface area (Å²) in [5.74, 6) is -56.4. The van der Waals surface area contributed by atoms with Gasteiger partial charge in [-0.15, -0.1) is 0 Å². The number of amides is 1. The Kier molecular flexibility index (Phi) is 7.21. The van der Waals surface area contributed by atoms with E-state index < -0.39 is 289 Å². The van der Waals surface area contributed by atoms with Crippen LogP contribution in [0.25, 0.3) is 0 Å². The highest BCUT2D eigenvalue weighted by Gasteiger charge is 2.53. The van der Waals surface area contributed by atoms with Gasteiger partial charge in [-0.1, -0.05) is 77.9 Å². The molecule has 4 rings (SSSR count). The largest absolute Gasteiger partial charge is 0.460 e. The van der Waals surface area contributed by atoms with E-state index in [0.717, 1.165) is 0 Å². The SMILES string of the molecule is [2H]C1=C([2H])/C([2H])=C(\C([2H])([2H])[2H])[C@@]([2H])(OC([2H])([2H])[2H])C([2H])([2H])[C@@]2([2H])O[C@@](O)(C(=O)C(=O)N3C([2H])([2H])C([2H])([2H])C([2H])([2H])C([2H])([2H])[C@@]3([2H])C(=O)O[C@]([2H])([C@]([2H])(C)C([2H])([2H])[C@]3([2H])C([2H])([2H])C([2H])([2H])[C@@]([2H])(OP(C)(=O)C([2H])([2H])[2H])[C@]([2H])(OC)C3([2H])[2H])C([2H])([2H])C(=O)[C@]([2H])(C)/C([2H])=C(\C)[C@@]([2H])(O)[C@@]([2H])(OC)C(=O)[C@]([2H])(C)C([2H])(C)[C@]([2H])(C)\C([2H])=C\1[2H])[C@]([2H])(C)C([2H])([2H])C2([2H])[2H]. The maximum absolute atomic E-state index is 16.2. The number of hydrogen-bond donors (Lipinski definition) is 2. The zero-order valence-electron chi connectivity index (χ0n) is 92.7. The van der Waals surface area contributed by atoms with Gasteiger partial charge in [0, 0.05) is 122 Å². The molecule has 4 aliphatic rings. The highest BCUT2D eigenvalue weighted by Crippen LogP contribution is 2.45. The Labute approximate surface area is 493 Å². The first-order chi connectivity index (χ1) is 53.4. The molecule has 1 amide bonds. The van der Waals surface area contributed by atoms with Gasteiger partial charge >= 0.3 is 5.97 Å². The van der Waals surface area contributed by atoms with E-state index in [0.29, 0.717) is 0 Å². The fourth-order valence-corrected chi connectivity index (χ4v) is 5.79. The fourth-order valence-electron chi connectivity index (χ4n) is 5.31. The number of aliphatic hydroxyl groups is 2. The van der Waals surface area contributed by atoms with Crippen molar-refractivity contribution in [2.45, 2.75) is 180 Å². The molecule has 0 spiro atoms. The Balaban J connectivity index is 2.69. The minimum Gasteiger partial charge on any atom is -0.460 e. The second-order valence-electron chi connectivity index (χ2n) is 14.2. The van der Waals surface area contributed by atoms with Crippen molar-refractivity contribution in [3.05, 3.63) is 47.5 Å². The molecule has 2 N–H and O–H groups in total. The zero-order chi connectivity index (χ0) is 100. The van der Waals surface area contributed by atoms with Crippen LogP contribution in [0.15, 0.2) is 47.5 Å². The number of rotatable bonds is 8. The van der Waals surface area contributed by atoms with E-state index in [9.17, 15) is 50.4 Å². The molecule has 3 heterocycles. The Bertz CT molecular complexity index is 4560. The summed E-state index contributed by atoms with van der Waals surface area (Å²) >= 11 is 0. The van der Waals surface area contributed by atoms with Gasteiger partial charge < -0.3 is 43.3 Å². The van der Waals surface area contributed by atoms with Crippen molar-refractivity contribution in [3.8, 4) is 0 Å². The molecule has 3 aliphatic heterocycles. The smallest absolute Gasteiger partial charge is 0.329 e. The molecule has 2 unspecified atom stereocenters. The minimum absolute atomic E-state index is 0.00859. The molecule has 2 bridgehead atoms. The van der Waals surface area contributed by atoms with E-state index in [1.54, 1.807) is 0 Å². The van der Waals surface area contributed by atoms with Crippen LogP contribution in [-0.4, -0.2) is 140 Å². The van der Waals surface area contributed by atoms with Crippen molar-refractivity contribution in [1.82, 2.24) is 4.90 Å². The molecule has 15 nitrogen and oxygen atoms in total. The van der Waals surface area contributed by atoms with Crippen LogP contribution in [-0.2, 0) is 56.7 Å². The number of piperidine rings is 1. The van der Waals surface area contributed by atoms with Gasteiger partial charge in [-0.3, -0.25) is 23.7 Å². The number of esters is 1. The molecular weight excluding hydrogens is 918 g/mol. The average molecular weight is 1060 g/mol. The number of carbonyl (C=O) groups is 5. The van der Waals surface area contributed by atoms with Crippen molar-refractivity contribution in [1.29, 1.82) is 0 Å². The zero-order valence-corrected chi connectivity index (χ0v) is 39.6. The lowest BCUT2D eigenvalue weighted by Crippen LogP contribution is -2.61. The number of nitrogens with zero attached hydrogens (tertiary/aromatic N) is 1. The van der Waals surface area contributed by atoms with Crippen LogP contribution in [0.2, 0.25) is 0 Å². The topological polar surface area (TPSA) is 201 Å². The van der Waals surface area contributed by atoms with Crippen LogP contribution in [0.5, 0.6) is 0 Å². The molecule has 2 saturated heterocycles. The maximum Gasteiger partial charge on any atom is 0.329 e. The summed E-state index contributed by atoms with van der Waals surface area (Å²) in [5.41, 5.74) is -4.93. The van der Waals surface area contributed by atoms with Gasteiger partial charge in [-0.05, 0) is 106 Å². The fraction of sp³-hybridized carbons (Fsp3) is 0.759. The monoisotopic (exact) mass is 1060 g/mol. The van der Waals surface area contributed by atoms with Crippen LogP contribution in [0, 0.1) is 41.3 Å². The van der Waals surface area contributed by atoms with Gasteiger partial charge in [0.25, 0.3) is 11.7 Å². The van der Waals surface area contributed by atoms with Crippen LogP contribution in [0.1, 0.15) is 199 Å². The number of carbonyl (C=O) groups excluding carboxylic acids is 5.